The molecule has 0 radical (unpaired) electrons. The fourth-order valence-corrected chi connectivity index (χ4v) is 2.04. The van der Waals surface area contributed by atoms with Crippen LogP contribution in [0.5, 0.6) is 0 Å². The number of hydrogen-bond acceptors (Lipinski definition) is 4. The maximum Gasteiger partial charge on any atom is 0.294 e. The number of carbonyl (C=O) groups is 1. The van der Waals surface area contributed by atoms with Crippen LogP contribution in [0.3, 0.4) is 0 Å². The third kappa shape index (κ3) is 7.27. The molecule has 0 atom stereocenters. The van der Waals surface area contributed by atoms with Gasteiger partial charge in [0.25, 0.3) is 10.1 Å². The summed E-state index contributed by atoms with van der Waals surface area (Å²) in [5.74, 6) is 0. The zero-order valence-electron chi connectivity index (χ0n) is 13.1. The van der Waals surface area contributed by atoms with Crippen LogP contribution in [0.25, 0.3) is 0 Å². The molecule has 0 aromatic heterocycles. The highest BCUT2D eigenvalue weighted by Gasteiger charge is 2.06. The summed E-state index contributed by atoms with van der Waals surface area (Å²) in [6.07, 6.45) is 0.847. The topological polar surface area (TPSA) is 74.7 Å². The summed E-state index contributed by atoms with van der Waals surface area (Å²) >= 11 is 0. The quantitative estimate of drug-likeness (QED) is 0.674. The standard InChI is InChI=1S/C9H11NO.C7H8O3S.ClH/c1-10(2)9-5-3-8(7-11)4-6-9;1-6-2-4-7(5-3-6)11(8,9)10;/h3-7H,1-2H3;2-5H,1H3,(H,8,9,10);1H. The van der Waals surface area contributed by atoms with Crippen molar-refractivity contribution < 1.29 is 17.8 Å². The van der Waals surface area contributed by atoms with Gasteiger partial charge >= 0.3 is 0 Å². The maximum absolute atomic E-state index is 10.5. The van der Waals surface area contributed by atoms with Gasteiger partial charge in [0.1, 0.15) is 6.29 Å². The van der Waals surface area contributed by atoms with E-state index in [0.29, 0.717) is 0 Å². The molecule has 23 heavy (non-hydrogen) atoms. The average Bonchev–Trinajstić information content (AvgIpc) is 2.47. The number of carbonyl (C=O) groups excluding carboxylic acids is 1. The molecular weight excluding hydrogens is 338 g/mol. The zero-order valence-corrected chi connectivity index (χ0v) is 14.8. The lowest BCUT2D eigenvalue weighted by Gasteiger charge is -2.11. The van der Waals surface area contributed by atoms with Gasteiger partial charge in [-0.15, -0.1) is 12.4 Å². The number of halogens is 1. The molecule has 0 unspecified atom stereocenters. The normalized spacial score (nSPS) is 9.91. The highest BCUT2D eigenvalue weighted by molar-refractivity contribution is 7.85. The van der Waals surface area contributed by atoms with E-state index in [2.05, 4.69) is 0 Å². The first-order chi connectivity index (χ1) is 10.2. The molecule has 126 valence electrons. The molecule has 1 N–H and O–H groups in total. The molecule has 0 saturated heterocycles. The van der Waals surface area contributed by atoms with Crippen LogP contribution in [0.15, 0.2) is 53.4 Å². The van der Waals surface area contributed by atoms with Crippen LogP contribution in [-0.2, 0) is 10.1 Å². The minimum absolute atomic E-state index is 0. The second-order valence-corrected chi connectivity index (χ2v) is 6.31. The number of hydrogen-bond donors (Lipinski definition) is 1. The summed E-state index contributed by atoms with van der Waals surface area (Å²) in [4.78, 5) is 12.2. The summed E-state index contributed by atoms with van der Waals surface area (Å²) in [5, 5.41) is 0. The van der Waals surface area contributed by atoms with E-state index in [0.717, 1.165) is 23.1 Å². The van der Waals surface area contributed by atoms with Crippen LogP contribution in [-0.4, -0.2) is 33.4 Å². The van der Waals surface area contributed by atoms with E-state index in [-0.39, 0.29) is 17.3 Å². The lowest BCUT2D eigenvalue weighted by molar-refractivity contribution is 0.112. The summed E-state index contributed by atoms with van der Waals surface area (Å²) < 4.78 is 29.6. The van der Waals surface area contributed by atoms with Crippen molar-refractivity contribution in [2.75, 3.05) is 19.0 Å². The van der Waals surface area contributed by atoms with Crippen LogP contribution >= 0.6 is 12.4 Å². The Labute approximate surface area is 143 Å². The number of nitrogens with zero attached hydrogens (tertiary/aromatic N) is 1. The summed E-state index contributed by atoms with van der Waals surface area (Å²) in [5.41, 5.74) is 2.78. The largest absolute Gasteiger partial charge is 0.378 e. The number of rotatable bonds is 3. The molecule has 2 rings (SSSR count). The fraction of sp³-hybridized carbons (Fsp3) is 0.188. The minimum atomic E-state index is -4.02. The lowest BCUT2D eigenvalue weighted by Crippen LogP contribution is -2.08. The van der Waals surface area contributed by atoms with Gasteiger partial charge in [-0.2, -0.15) is 8.42 Å². The first-order valence-corrected chi connectivity index (χ1v) is 7.95. The highest BCUT2D eigenvalue weighted by atomic mass is 35.5. The maximum atomic E-state index is 10.5. The Morgan fingerprint density at radius 1 is 0.957 bits per heavy atom. The van der Waals surface area contributed by atoms with Crippen molar-refractivity contribution in [3.8, 4) is 0 Å². The number of anilines is 1. The van der Waals surface area contributed by atoms with E-state index in [9.17, 15) is 13.2 Å². The summed E-state index contributed by atoms with van der Waals surface area (Å²) in [7, 11) is -0.0832. The Morgan fingerprint density at radius 3 is 1.78 bits per heavy atom. The van der Waals surface area contributed by atoms with Crippen molar-refractivity contribution in [1.29, 1.82) is 0 Å². The molecule has 7 heteroatoms. The smallest absolute Gasteiger partial charge is 0.294 e. The molecule has 0 saturated carbocycles. The SMILES string of the molecule is CN(C)c1ccc(C=O)cc1.Cc1ccc(S(=O)(=O)O)cc1.Cl. The number of benzene rings is 2. The van der Waals surface area contributed by atoms with Gasteiger partial charge < -0.3 is 4.90 Å². The molecule has 0 fully saturated rings. The van der Waals surface area contributed by atoms with Crippen molar-refractivity contribution in [3.63, 3.8) is 0 Å². The first kappa shape index (κ1) is 21.1. The van der Waals surface area contributed by atoms with Crippen LogP contribution in [0.4, 0.5) is 5.69 Å². The molecule has 0 aliphatic heterocycles. The fourth-order valence-electron chi connectivity index (χ4n) is 1.56. The Morgan fingerprint density at radius 2 is 1.43 bits per heavy atom. The molecule has 0 bridgehead atoms. The highest BCUT2D eigenvalue weighted by Crippen LogP contribution is 2.10. The third-order valence-corrected chi connectivity index (χ3v) is 3.73. The predicted octanol–water partition coefficient (Wildman–Crippen LogP) is 3.23. The first-order valence-electron chi connectivity index (χ1n) is 6.51. The van der Waals surface area contributed by atoms with Crippen molar-refractivity contribution in [3.05, 3.63) is 59.7 Å². The van der Waals surface area contributed by atoms with Crippen molar-refractivity contribution in [2.45, 2.75) is 11.8 Å². The van der Waals surface area contributed by atoms with Crippen molar-refractivity contribution in [1.82, 2.24) is 0 Å². The number of aldehydes is 1. The van der Waals surface area contributed by atoms with Gasteiger partial charge in [0.2, 0.25) is 0 Å². The molecule has 0 aliphatic carbocycles. The van der Waals surface area contributed by atoms with Crippen LogP contribution in [0.2, 0.25) is 0 Å². The van der Waals surface area contributed by atoms with E-state index in [1.54, 1.807) is 12.1 Å². The van der Waals surface area contributed by atoms with Gasteiger partial charge in [-0.1, -0.05) is 17.7 Å². The summed E-state index contributed by atoms with van der Waals surface area (Å²) in [6.45, 7) is 1.84. The average molecular weight is 358 g/mol. The third-order valence-electron chi connectivity index (χ3n) is 2.86. The molecule has 2 aromatic rings. The molecule has 2 aromatic carbocycles. The molecular formula is C16H20ClNO4S. The molecule has 0 amide bonds. The van der Waals surface area contributed by atoms with Gasteiger partial charge in [-0.05, 0) is 43.3 Å². The second-order valence-electron chi connectivity index (χ2n) is 4.89. The Bertz CT molecular complexity index is 711. The van der Waals surface area contributed by atoms with Gasteiger partial charge in [0, 0.05) is 25.3 Å². The van der Waals surface area contributed by atoms with E-state index >= 15 is 0 Å². The minimum Gasteiger partial charge on any atom is -0.378 e. The predicted molar refractivity (Wildman–Crippen MR) is 94.4 cm³/mol. The Balaban J connectivity index is 0.000000403. The van der Waals surface area contributed by atoms with Crippen LogP contribution < -0.4 is 4.90 Å². The lowest BCUT2D eigenvalue weighted by atomic mass is 10.2. The van der Waals surface area contributed by atoms with E-state index in [4.69, 9.17) is 4.55 Å². The second kappa shape index (κ2) is 9.29. The van der Waals surface area contributed by atoms with Crippen molar-refractivity contribution in [2.24, 2.45) is 0 Å². The van der Waals surface area contributed by atoms with Gasteiger partial charge in [-0.3, -0.25) is 9.35 Å². The van der Waals surface area contributed by atoms with Gasteiger partial charge in [0.05, 0.1) is 4.90 Å². The van der Waals surface area contributed by atoms with E-state index in [1.807, 2.05) is 50.2 Å². The molecule has 5 nitrogen and oxygen atoms in total. The molecule has 0 spiro atoms. The molecule has 0 heterocycles. The molecule has 0 aliphatic rings. The van der Waals surface area contributed by atoms with E-state index in [1.165, 1.54) is 12.1 Å². The zero-order chi connectivity index (χ0) is 16.8. The monoisotopic (exact) mass is 357 g/mol. The Kier molecular flexibility index (Phi) is 8.53. The van der Waals surface area contributed by atoms with Crippen LogP contribution in [0, 0.1) is 6.92 Å². The summed E-state index contributed by atoms with van der Waals surface area (Å²) in [6, 6.07) is 13.4. The van der Waals surface area contributed by atoms with Crippen LogP contribution in [0.1, 0.15) is 15.9 Å². The Hall–Kier alpha value is -1.89. The van der Waals surface area contributed by atoms with E-state index < -0.39 is 10.1 Å². The van der Waals surface area contributed by atoms with Crippen molar-refractivity contribution >= 4 is 34.5 Å². The van der Waals surface area contributed by atoms with Gasteiger partial charge in [0.15, 0.2) is 0 Å². The number of aryl methyl sites for hydroxylation is 1. The van der Waals surface area contributed by atoms with Gasteiger partial charge in [-0.25, -0.2) is 0 Å².